The predicted octanol–water partition coefficient (Wildman–Crippen LogP) is 6.45. The standard InChI is InChI=1S/C25H21N3OS2/c1-14-10-11-17-15(12-14)13-16-22(26)23(31-24(16)27-17)25(29)28-18-6-2-4-8-20(18)30-21-9-5-3-7-19(21)28/h2-9,13-14H,10-12,26H2,1H3. The Bertz CT molecular complexity index is 1310. The van der Waals surface area contributed by atoms with Crippen LogP contribution in [0.4, 0.5) is 17.1 Å². The minimum Gasteiger partial charge on any atom is -0.397 e. The number of amides is 1. The lowest BCUT2D eigenvalue weighted by molar-refractivity contribution is 0.100. The molecule has 0 saturated carbocycles. The number of benzene rings is 2. The zero-order valence-corrected chi connectivity index (χ0v) is 18.7. The van der Waals surface area contributed by atoms with Crippen molar-refractivity contribution in [2.75, 3.05) is 10.6 Å². The summed E-state index contributed by atoms with van der Waals surface area (Å²) in [6.07, 6.45) is 3.19. The van der Waals surface area contributed by atoms with Gasteiger partial charge < -0.3 is 5.73 Å². The van der Waals surface area contributed by atoms with Crippen LogP contribution in [0.3, 0.4) is 0 Å². The number of aromatic nitrogens is 1. The highest BCUT2D eigenvalue weighted by molar-refractivity contribution is 7.99. The highest BCUT2D eigenvalue weighted by Crippen LogP contribution is 2.49. The van der Waals surface area contributed by atoms with Crippen LogP contribution >= 0.6 is 23.1 Å². The number of nitrogens with two attached hydrogens (primary N) is 1. The molecule has 0 fully saturated rings. The molecule has 31 heavy (non-hydrogen) atoms. The van der Waals surface area contributed by atoms with E-state index >= 15 is 0 Å². The van der Waals surface area contributed by atoms with Crippen LogP contribution in [0, 0.1) is 5.92 Å². The van der Waals surface area contributed by atoms with E-state index in [1.54, 1.807) is 11.8 Å². The lowest BCUT2D eigenvalue weighted by atomic mass is 9.87. The van der Waals surface area contributed by atoms with E-state index in [-0.39, 0.29) is 5.91 Å². The first kappa shape index (κ1) is 18.9. The van der Waals surface area contributed by atoms with Crippen molar-refractivity contribution in [1.29, 1.82) is 0 Å². The van der Waals surface area contributed by atoms with Gasteiger partial charge in [0.2, 0.25) is 0 Å². The Hall–Kier alpha value is -2.83. The third-order valence-electron chi connectivity index (χ3n) is 6.16. The summed E-state index contributed by atoms with van der Waals surface area (Å²) in [5.74, 6) is 0.568. The largest absolute Gasteiger partial charge is 0.397 e. The minimum atomic E-state index is -0.0907. The molecule has 2 N–H and O–H groups in total. The first-order valence-corrected chi connectivity index (χ1v) is 12.1. The number of nitrogen functional groups attached to an aromatic ring is 1. The van der Waals surface area contributed by atoms with Crippen molar-refractivity contribution in [3.63, 3.8) is 0 Å². The van der Waals surface area contributed by atoms with Crippen LogP contribution in [0.5, 0.6) is 0 Å². The smallest absolute Gasteiger partial charge is 0.275 e. The van der Waals surface area contributed by atoms with Crippen LogP contribution in [-0.2, 0) is 12.8 Å². The molecular formula is C25H21N3OS2. The maximum absolute atomic E-state index is 13.9. The van der Waals surface area contributed by atoms with Crippen molar-refractivity contribution >= 4 is 56.3 Å². The summed E-state index contributed by atoms with van der Waals surface area (Å²) in [5.41, 5.74) is 11.4. The van der Waals surface area contributed by atoms with E-state index in [1.165, 1.54) is 16.9 Å². The maximum atomic E-state index is 13.9. The van der Waals surface area contributed by atoms with E-state index < -0.39 is 0 Å². The van der Waals surface area contributed by atoms with Crippen molar-refractivity contribution in [3.05, 3.63) is 70.7 Å². The summed E-state index contributed by atoms with van der Waals surface area (Å²) < 4.78 is 0. The molecule has 2 aliphatic rings. The van der Waals surface area contributed by atoms with Gasteiger partial charge in [0, 0.05) is 20.9 Å². The Morgan fingerprint density at radius 1 is 1.10 bits per heavy atom. The Morgan fingerprint density at radius 2 is 1.77 bits per heavy atom. The van der Waals surface area contributed by atoms with Crippen molar-refractivity contribution < 1.29 is 4.79 Å². The molecule has 6 heteroatoms. The molecule has 1 aliphatic heterocycles. The quantitative estimate of drug-likeness (QED) is 0.367. The lowest BCUT2D eigenvalue weighted by Gasteiger charge is -2.30. The van der Waals surface area contributed by atoms with E-state index in [0.29, 0.717) is 16.5 Å². The maximum Gasteiger partial charge on any atom is 0.275 e. The second-order valence-corrected chi connectivity index (χ2v) is 10.4. The number of para-hydroxylation sites is 2. The summed E-state index contributed by atoms with van der Waals surface area (Å²) in [6.45, 7) is 2.28. The van der Waals surface area contributed by atoms with Gasteiger partial charge in [-0.25, -0.2) is 4.98 Å². The summed E-state index contributed by atoms with van der Waals surface area (Å²) >= 11 is 3.11. The third kappa shape index (κ3) is 2.97. The Kier molecular flexibility index (Phi) is 4.33. The van der Waals surface area contributed by atoms with E-state index in [4.69, 9.17) is 10.7 Å². The molecule has 4 aromatic rings. The first-order chi connectivity index (χ1) is 15.1. The zero-order chi connectivity index (χ0) is 21.1. The summed E-state index contributed by atoms with van der Waals surface area (Å²) in [7, 11) is 0. The van der Waals surface area contributed by atoms with Crippen LogP contribution < -0.4 is 10.6 Å². The summed E-state index contributed by atoms with van der Waals surface area (Å²) in [4.78, 5) is 24.2. The first-order valence-electron chi connectivity index (χ1n) is 10.5. The fraction of sp³-hybridized carbons (Fsp3) is 0.200. The molecule has 3 heterocycles. The Morgan fingerprint density at radius 3 is 2.48 bits per heavy atom. The van der Waals surface area contributed by atoms with Crippen LogP contribution in [-0.4, -0.2) is 10.9 Å². The number of rotatable bonds is 1. The number of carbonyl (C=O) groups is 1. The molecule has 0 bridgehead atoms. The number of anilines is 3. The van der Waals surface area contributed by atoms with E-state index in [2.05, 4.69) is 25.1 Å². The van der Waals surface area contributed by atoms with E-state index in [1.807, 2.05) is 41.3 Å². The van der Waals surface area contributed by atoms with Gasteiger partial charge in [-0.3, -0.25) is 9.69 Å². The number of aryl methyl sites for hydroxylation is 1. The van der Waals surface area contributed by atoms with Gasteiger partial charge in [-0.1, -0.05) is 43.0 Å². The van der Waals surface area contributed by atoms with E-state index in [9.17, 15) is 4.79 Å². The van der Waals surface area contributed by atoms with Gasteiger partial charge in [0.15, 0.2) is 0 Å². The number of nitrogens with zero attached hydrogens (tertiary/aromatic N) is 2. The molecule has 2 aromatic heterocycles. The molecule has 0 radical (unpaired) electrons. The van der Waals surface area contributed by atoms with Gasteiger partial charge in [0.05, 0.1) is 17.1 Å². The zero-order valence-electron chi connectivity index (χ0n) is 17.1. The van der Waals surface area contributed by atoms with Crippen molar-refractivity contribution in [2.24, 2.45) is 5.92 Å². The van der Waals surface area contributed by atoms with Crippen molar-refractivity contribution in [2.45, 2.75) is 36.0 Å². The van der Waals surface area contributed by atoms with E-state index in [0.717, 1.165) is 56.3 Å². The van der Waals surface area contributed by atoms with Gasteiger partial charge in [-0.15, -0.1) is 11.3 Å². The second kappa shape index (κ2) is 7.11. The molecule has 1 atom stereocenters. The summed E-state index contributed by atoms with van der Waals surface area (Å²) in [6, 6.07) is 18.2. The van der Waals surface area contributed by atoms with Gasteiger partial charge in [-0.2, -0.15) is 0 Å². The molecule has 1 aliphatic carbocycles. The van der Waals surface area contributed by atoms with Crippen molar-refractivity contribution in [1.82, 2.24) is 4.98 Å². The molecule has 4 nitrogen and oxygen atoms in total. The number of hydrogen-bond donors (Lipinski definition) is 1. The minimum absolute atomic E-state index is 0.0907. The SMILES string of the molecule is CC1CCc2nc3sc(C(=O)N4c5ccccc5Sc5ccccc54)c(N)c3cc2C1. The van der Waals surface area contributed by atoms with Crippen LogP contribution in [0.2, 0.25) is 0 Å². The Labute approximate surface area is 189 Å². The van der Waals surface area contributed by atoms with Crippen LogP contribution in [0.1, 0.15) is 34.3 Å². The molecule has 1 unspecified atom stereocenters. The van der Waals surface area contributed by atoms with Gasteiger partial charge in [-0.05, 0) is 61.1 Å². The highest BCUT2D eigenvalue weighted by atomic mass is 32.2. The average Bonchev–Trinajstić information content (AvgIpc) is 3.11. The average molecular weight is 444 g/mol. The molecule has 0 saturated heterocycles. The number of carbonyl (C=O) groups excluding carboxylic acids is 1. The third-order valence-corrected chi connectivity index (χ3v) is 8.40. The normalized spacial score (nSPS) is 17.2. The topological polar surface area (TPSA) is 59.2 Å². The fourth-order valence-electron chi connectivity index (χ4n) is 4.56. The Balaban J connectivity index is 1.50. The van der Waals surface area contributed by atoms with Crippen molar-refractivity contribution in [3.8, 4) is 0 Å². The van der Waals surface area contributed by atoms with Crippen LogP contribution in [0.25, 0.3) is 10.2 Å². The van der Waals surface area contributed by atoms with Crippen LogP contribution in [0.15, 0.2) is 64.4 Å². The highest BCUT2D eigenvalue weighted by Gasteiger charge is 2.31. The number of fused-ring (bicyclic) bond motifs is 4. The number of hydrogen-bond acceptors (Lipinski definition) is 5. The predicted molar refractivity (Wildman–Crippen MR) is 129 cm³/mol. The molecule has 154 valence electrons. The monoisotopic (exact) mass is 443 g/mol. The van der Waals surface area contributed by atoms with Gasteiger partial charge in [0.1, 0.15) is 9.71 Å². The van der Waals surface area contributed by atoms with Gasteiger partial charge >= 0.3 is 0 Å². The number of thiophene rings is 1. The number of pyridine rings is 1. The lowest BCUT2D eigenvalue weighted by Crippen LogP contribution is -2.28. The fourth-order valence-corrected chi connectivity index (χ4v) is 6.64. The molecule has 6 rings (SSSR count). The van der Waals surface area contributed by atoms with Gasteiger partial charge in [0.25, 0.3) is 5.91 Å². The molecule has 0 spiro atoms. The summed E-state index contributed by atoms with van der Waals surface area (Å²) in [5, 5.41) is 0.911. The molecule has 2 aromatic carbocycles. The molecular weight excluding hydrogens is 422 g/mol. The second-order valence-electron chi connectivity index (χ2n) is 8.32. The molecule has 1 amide bonds.